The van der Waals surface area contributed by atoms with Gasteiger partial charge in [0, 0.05) is 5.56 Å². The summed E-state index contributed by atoms with van der Waals surface area (Å²) in [5, 5.41) is 0. The number of nitrogens with zero attached hydrogens (tertiary/aromatic N) is 1. The molecule has 1 heterocycles. The van der Waals surface area contributed by atoms with Crippen molar-refractivity contribution in [1.29, 1.82) is 0 Å². The molecular formula is C14H19NO. The minimum absolute atomic E-state index is 0.267. The molecule has 86 valence electrons. The van der Waals surface area contributed by atoms with Gasteiger partial charge in [-0.15, -0.1) is 0 Å². The fourth-order valence-electron chi connectivity index (χ4n) is 2.27. The zero-order chi connectivity index (χ0) is 11.5. The first-order valence-corrected chi connectivity index (χ1v) is 5.99. The minimum Gasteiger partial charge on any atom is -0.296 e. The van der Waals surface area contributed by atoms with Gasteiger partial charge in [0.25, 0.3) is 0 Å². The topological polar surface area (TPSA) is 20.3 Å². The second kappa shape index (κ2) is 4.79. The zero-order valence-corrected chi connectivity index (χ0v) is 10.1. The summed E-state index contributed by atoms with van der Waals surface area (Å²) in [5.41, 5.74) is 3.15. The largest absolute Gasteiger partial charge is 0.296 e. The lowest BCUT2D eigenvalue weighted by Crippen LogP contribution is -2.27. The van der Waals surface area contributed by atoms with Gasteiger partial charge in [0.1, 0.15) is 0 Å². The van der Waals surface area contributed by atoms with Gasteiger partial charge in [-0.05, 0) is 51.4 Å². The molecule has 1 saturated heterocycles. The molecule has 1 fully saturated rings. The Morgan fingerprint density at radius 1 is 1.25 bits per heavy atom. The highest BCUT2D eigenvalue weighted by Gasteiger charge is 2.17. The van der Waals surface area contributed by atoms with Gasteiger partial charge >= 0.3 is 0 Å². The Morgan fingerprint density at radius 3 is 2.62 bits per heavy atom. The summed E-state index contributed by atoms with van der Waals surface area (Å²) in [4.78, 5) is 14.4. The van der Waals surface area contributed by atoms with E-state index in [1.54, 1.807) is 0 Å². The average molecular weight is 217 g/mol. The number of hydrogen-bond donors (Lipinski definition) is 0. The highest BCUT2D eigenvalue weighted by molar-refractivity contribution is 5.99. The lowest BCUT2D eigenvalue weighted by molar-refractivity contribution is 0.0944. The van der Waals surface area contributed by atoms with Gasteiger partial charge in [0.2, 0.25) is 0 Å². The number of hydrogen-bond acceptors (Lipinski definition) is 2. The molecule has 1 aliphatic heterocycles. The predicted octanol–water partition coefficient (Wildman–Crippen LogP) is 2.58. The Bertz CT molecular complexity index is 392. The molecule has 1 aromatic rings. The van der Waals surface area contributed by atoms with Gasteiger partial charge in [-0.1, -0.05) is 17.7 Å². The van der Waals surface area contributed by atoms with E-state index in [0.29, 0.717) is 6.54 Å². The SMILES string of the molecule is Cc1ccc(C)c(C(=O)CN2CCCC2)c1. The first-order valence-electron chi connectivity index (χ1n) is 5.99. The molecule has 0 aromatic heterocycles. The van der Waals surface area contributed by atoms with Crippen molar-refractivity contribution in [1.82, 2.24) is 4.90 Å². The quantitative estimate of drug-likeness (QED) is 0.725. The van der Waals surface area contributed by atoms with Crippen LogP contribution in [0.3, 0.4) is 0 Å². The van der Waals surface area contributed by atoms with E-state index in [9.17, 15) is 4.79 Å². The number of carbonyl (C=O) groups is 1. The van der Waals surface area contributed by atoms with Crippen LogP contribution in [0.4, 0.5) is 0 Å². The Morgan fingerprint density at radius 2 is 1.94 bits per heavy atom. The predicted molar refractivity (Wildman–Crippen MR) is 65.9 cm³/mol. The van der Waals surface area contributed by atoms with Crippen LogP contribution in [0.1, 0.15) is 34.3 Å². The molecule has 1 aliphatic rings. The Balaban J connectivity index is 2.10. The number of rotatable bonds is 3. The number of carbonyl (C=O) groups excluding carboxylic acids is 1. The van der Waals surface area contributed by atoms with Crippen LogP contribution < -0.4 is 0 Å². The van der Waals surface area contributed by atoms with Crippen molar-refractivity contribution in [2.45, 2.75) is 26.7 Å². The molecule has 2 nitrogen and oxygen atoms in total. The van der Waals surface area contributed by atoms with E-state index in [0.717, 1.165) is 29.8 Å². The van der Waals surface area contributed by atoms with E-state index in [1.807, 2.05) is 26.0 Å². The zero-order valence-electron chi connectivity index (χ0n) is 10.1. The fourth-order valence-corrected chi connectivity index (χ4v) is 2.27. The van der Waals surface area contributed by atoms with Crippen molar-refractivity contribution in [3.63, 3.8) is 0 Å². The molecule has 0 radical (unpaired) electrons. The van der Waals surface area contributed by atoms with Crippen LogP contribution in [0, 0.1) is 13.8 Å². The van der Waals surface area contributed by atoms with Crippen LogP contribution in [-0.4, -0.2) is 30.3 Å². The molecule has 1 aromatic carbocycles. The van der Waals surface area contributed by atoms with Gasteiger partial charge < -0.3 is 0 Å². The highest BCUT2D eigenvalue weighted by atomic mass is 16.1. The van der Waals surface area contributed by atoms with E-state index in [4.69, 9.17) is 0 Å². The van der Waals surface area contributed by atoms with Crippen LogP contribution >= 0.6 is 0 Å². The third-order valence-corrected chi connectivity index (χ3v) is 3.26. The lowest BCUT2D eigenvalue weighted by Gasteiger charge is -2.14. The van der Waals surface area contributed by atoms with Crippen molar-refractivity contribution < 1.29 is 4.79 Å². The highest BCUT2D eigenvalue weighted by Crippen LogP contribution is 2.14. The molecule has 0 spiro atoms. The summed E-state index contributed by atoms with van der Waals surface area (Å²) in [6.45, 7) is 6.79. The number of ketones is 1. The Kier molecular flexibility index (Phi) is 3.39. The average Bonchev–Trinajstić information content (AvgIpc) is 2.74. The van der Waals surface area contributed by atoms with E-state index in [1.165, 1.54) is 12.8 Å². The van der Waals surface area contributed by atoms with Crippen molar-refractivity contribution in [3.8, 4) is 0 Å². The first-order chi connectivity index (χ1) is 7.66. The minimum atomic E-state index is 0.267. The Labute approximate surface area is 97.3 Å². The third kappa shape index (κ3) is 2.50. The second-order valence-corrected chi connectivity index (χ2v) is 4.72. The number of Topliss-reactive ketones (excluding diaryl/α,β-unsaturated/α-hetero) is 1. The number of likely N-dealkylation sites (tertiary alicyclic amines) is 1. The van der Waals surface area contributed by atoms with Gasteiger partial charge in [0.05, 0.1) is 6.54 Å². The molecule has 0 aliphatic carbocycles. The monoisotopic (exact) mass is 217 g/mol. The molecule has 0 bridgehead atoms. The van der Waals surface area contributed by atoms with E-state index in [2.05, 4.69) is 11.0 Å². The first kappa shape index (κ1) is 11.3. The summed E-state index contributed by atoms with van der Waals surface area (Å²) in [6.07, 6.45) is 2.47. The molecule has 0 saturated carbocycles. The van der Waals surface area contributed by atoms with Crippen molar-refractivity contribution in [2.24, 2.45) is 0 Å². The molecule has 2 heteroatoms. The smallest absolute Gasteiger partial charge is 0.177 e. The summed E-state index contributed by atoms with van der Waals surface area (Å²) in [6, 6.07) is 6.10. The van der Waals surface area contributed by atoms with Gasteiger partial charge in [-0.2, -0.15) is 0 Å². The van der Waals surface area contributed by atoms with Crippen molar-refractivity contribution >= 4 is 5.78 Å². The fraction of sp³-hybridized carbons (Fsp3) is 0.500. The van der Waals surface area contributed by atoms with E-state index in [-0.39, 0.29) is 5.78 Å². The molecule has 16 heavy (non-hydrogen) atoms. The molecule has 2 rings (SSSR count). The maximum Gasteiger partial charge on any atom is 0.177 e. The van der Waals surface area contributed by atoms with E-state index >= 15 is 0 Å². The van der Waals surface area contributed by atoms with Crippen LogP contribution in [0.5, 0.6) is 0 Å². The maximum atomic E-state index is 12.1. The summed E-state index contributed by atoms with van der Waals surface area (Å²) >= 11 is 0. The number of benzene rings is 1. The molecule has 0 atom stereocenters. The molecule has 0 N–H and O–H groups in total. The maximum absolute atomic E-state index is 12.1. The molecule has 0 amide bonds. The van der Waals surface area contributed by atoms with Gasteiger partial charge in [-0.3, -0.25) is 9.69 Å². The third-order valence-electron chi connectivity index (χ3n) is 3.26. The van der Waals surface area contributed by atoms with Crippen LogP contribution in [-0.2, 0) is 0 Å². The van der Waals surface area contributed by atoms with Crippen molar-refractivity contribution in [3.05, 3.63) is 34.9 Å². The Hall–Kier alpha value is -1.15. The standard InChI is InChI=1S/C14H19NO/c1-11-5-6-12(2)13(9-11)14(16)10-15-7-3-4-8-15/h5-6,9H,3-4,7-8,10H2,1-2H3. The van der Waals surface area contributed by atoms with Crippen LogP contribution in [0.25, 0.3) is 0 Å². The van der Waals surface area contributed by atoms with E-state index < -0.39 is 0 Å². The van der Waals surface area contributed by atoms with Gasteiger partial charge in [-0.25, -0.2) is 0 Å². The van der Waals surface area contributed by atoms with Gasteiger partial charge in [0.15, 0.2) is 5.78 Å². The number of aryl methyl sites for hydroxylation is 2. The summed E-state index contributed by atoms with van der Waals surface area (Å²) < 4.78 is 0. The summed E-state index contributed by atoms with van der Waals surface area (Å²) in [5.74, 6) is 0.267. The summed E-state index contributed by atoms with van der Waals surface area (Å²) in [7, 11) is 0. The van der Waals surface area contributed by atoms with Crippen LogP contribution in [0.2, 0.25) is 0 Å². The molecular weight excluding hydrogens is 198 g/mol. The lowest BCUT2D eigenvalue weighted by atomic mass is 10.0. The second-order valence-electron chi connectivity index (χ2n) is 4.72. The normalized spacial score (nSPS) is 16.6. The van der Waals surface area contributed by atoms with Crippen molar-refractivity contribution in [2.75, 3.05) is 19.6 Å². The van der Waals surface area contributed by atoms with Crippen LogP contribution in [0.15, 0.2) is 18.2 Å². The molecule has 0 unspecified atom stereocenters.